The van der Waals surface area contributed by atoms with Crippen LogP contribution < -0.4 is 9.47 Å². The summed E-state index contributed by atoms with van der Waals surface area (Å²) in [4.78, 5) is 32.6. The third-order valence-electron chi connectivity index (χ3n) is 7.61. The molecule has 3 aliphatic rings. The lowest BCUT2D eigenvalue weighted by atomic mass is 9.90. The molecule has 34 heavy (non-hydrogen) atoms. The zero-order valence-corrected chi connectivity index (χ0v) is 20.7. The zero-order chi connectivity index (χ0) is 23.9. The van der Waals surface area contributed by atoms with Crippen LogP contribution in [0, 0.1) is 11.8 Å². The fourth-order valence-electron chi connectivity index (χ4n) is 5.33. The van der Waals surface area contributed by atoms with Crippen LogP contribution in [0.5, 0.6) is 11.5 Å². The molecule has 0 spiro atoms. The number of morpholine rings is 1. The second kappa shape index (κ2) is 11.9. The summed E-state index contributed by atoms with van der Waals surface area (Å²) < 4.78 is 16.0. The number of piperidine rings is 2. The number of nitrogens with zero attached hydrogens (tertiary/aromatic N) is 3. The normalized spacial score (nSPS) is 20.9. The fourth-order valence-corrected chi connectivity index (χ4v) is 5.33. The van der Waals surface area contributed by atoms with Crippen molar-refractivity contribution < 1.29 is 23.8 Å². The van der Waals surface area contributed by atoms with E-state index in [-0.39, 0.29) is 17.7 Å². The zero-order valence-electron chi connectivity index (χ0n) is 20.7. The van der Waals surface area contributed by atoms with Crippen LogP contribution in [0.15, 0.2) is 18.2 Å². The summed E-state index contributed by atoms with van der Waals surface area (Å²) in [6.07, 6.45) is 4.87. The maximum Gasteiger partial charge on any atom is 0.254 e. The molecule has 0 atom stereocenters. The summed E-state index contributed by atoms with van der Waals surface area (Å²) >= 11 is 0. The molecule has 0 saturated carbocycles. The number of methoxy groups -OCH3 is 2. The molecule has 8 heteroatoms. The minimum atomic E-state index is -0.0378. The van der Waals surface area contributed by atoms with Gasteiger partial charge in [-0.25, -0.2) is 0 Å². The highest BCUT2D eigenvalue weighted by Crippen LogP contribution is 2.28. The van der Waals surface area contributed by atoms with Crippen molar-refractivity contribution >= 4 is 11.8 Å². The lowest BCUT2D eigenvalue weighted by molar-refractivity contribution is -0.138. The Labute approximate surface area is 203 Å². The van der Waals surface area contributed by atoms with E-state index in [1.165, 1.54) is 6.42 Å². The molecule has 1 aromatic carbocycles. The summed E-state index contributed by atoms with van der Waals surface area (Å²) in [7, 11) is 3.15. The number of carbonyl (C=O) groups excluding carboxylic acids is 2. The molecule has 3 heterocycles. The average molecular weight is 474 g/mol. The lowest BCUT2D eigenvalue weighted by Crippen LogP contribution is -2.46. The van der Waals surface area contributed by atoms with E-state index in [0.29, 0.717) is 36.1 Å². The monoisotopic (exact) mass is 473 g/mol. The number of hydrogen-bond donors (Lipinski definition) is 0. The molecule has 3 aliphatic heterocycles. The Kier molecular flexibility index (Phi) is 8.67. The summed E-state index contributed by atoms with van der Waals surface area (Å²) in [5, 5.41) is 0. The van der Waals surface area contributed by atoms with E-state index < -0.39 is 0 Å². The Morgan fingerprint density at radius 3 is 2.03 bits per heavy atom. The third-order valence-corrected chi connectivity index (χ3v) is 7.61. The average Bonchev–Trinajstić information content (AvgIpc) is 2.91. The van der Waals surface area contributed by atoms with Gasteiger partial charge < -0.3 is 24.0 Å². The number of ether oxygens (including phenoxy) is 3. The van der Waals surface area contributed by atoms with Gasteiger partial charge in [0.1, 0.15) is 11.5 Å². The number of carbonyl (C=O) groups is 2. The van der Waals surface area contributed by atoms with E-state index in [9.17, 15) is 9.59 Å². The molecule has 0 radical (unpaired) electrons. The van der Waals surface area contributed by atoms with Crippen LogP contribution in [-0.4, -0.2) is 99.8 Å². The van der Waals surface area contributed by atoms with Crippen LogP contribution in [0.1, 0.15) is 42.5 Å². The van der Waals surface area contributed by atoms with Gasteiger partial charge >= 0.3 is 0 Å². The Morgan fingerprint density at radius 2 is 1.44 bits per heavy atom. The maximum absolute atomic E-state index is 13.1. The van der Waals surface area contributed by atoms with Crippen LogP contribution >= 0.6 is 0 Å². The highest BCUT2D eigenvalue weighted by molar-refractivity contribution is 5.95. The van der Waals surface area contributed by atoms with Gasteiger partial charge in [-0.1, -0.05) is 0 Å². The fraction of sp³-hybridized carbons (Fsp3) is 0.692. The van der Waals surface area contributed by atoms with Crippen molar-refractivity contribution in [3.63, 3.8) is 0 Å². The quantitative estimate of drug-likeness (QED) is 0.606. The van der Waals surface area contributed by atoms with Gasteiger partial charge in [0.2, 0.25) is 5.91 Å². The minimum absolute atomic E-state index is 0.0220. The molecule has 4 rings (SSSR count). The van der Waals surface area contributed by atoms with Gasteiger partial charge in [-0.3, -0.25) is 14.5 Å². The summed E-state index contributed by atoms with van der Waals surface area (Å²) in [5.41, 5.74) is 0.556. The second-order valence-corrected chi connectivity index (χ2v) is 9.68. The third kappa shape index (κ3) is 6.21. The largest absolute Gasteiger partial charge is 0.497 e. The van der Waals surface area contributed by atoms with Crippen LogP contribution in [-0.2, 0) is 9.53 Å². The van der Waals surface area contributed by atoms with Gasteiger partial charge in [-0.2, -0.15) is 0 Å². The molecular formula is C26H39N3O5. The van der Waals surface area contributed by atoms with E-state index in [1.54, 1.807) is 32.4 Å². The predicted octanol–water partition coefficient (Wildman–Crippen LogP) is 2.52. The number of amides is 2. The van der Waals surface area contributed by atoms with Crippen LogP contribution in [0.25, 0.3) is 0 Å². The topological polar surface area (TPSA) is 71.6 Å². The Hall–Kier alpha value is -2.32. The molecule has 0 N–H and O–H groups in total. The molecule has 0 aliphatic carbocycles. The van der Waals surface area contributed by atoms with E-state index in [4.69, 9.17) is 14.2 Å². The second-order valence-electron chi connectivity index (χ2n) is 9.68. The molecule has 3 fully saturated rings. The van der Waals surface area contributed by atoms with Gasteiger partial charge in [0.15, 0.2) is 0 Å². The molecule has 1 aromatic rings. The lowest BCUT2D eigenvalue weighted by Gasteiger charge is -2.38. The number of rotatable bonds is 7. The van der Waals surface area contributed by atoms with Crippen molar-refractivity contribution in [3.8, 4) is 11.5 Å². The number of benzene rings is 1. The Bertz CT molecular complexity index is 803. The van der Waals surface area contributed by atoms with Gasteiger partial charge in [0, 0.05) is 56.8 Å². The summed E-state index contributed by atoms with van der Waals surface area (Å²) in [6.45, 7) is 7.89. The van der Waals surface area contributed by atoms with E-state index in [0.717, 1.165) is 71.6 Å². The van der Waals surface area contributed by atoms with Gasteiger partial charge in [-0.05, 0) is 56.7 Å². The van der Waals surface area contributed by atoms with Crippen molar-refractivity contribution in [1.82, 2.24) is 14.7 Å². The molecule has 188 valence electrons. The highest BCUT2D eigenvalue weighted by Gasteiger charge is 2.32. The maximum atomic E-state index is 13.1. The first-order valence-corrected chi connectivity index (χ1v) is 12.7. The molecule has 3 saturated heterocycles. The van der Waals surface area contributed by atoms with Crippen LogP contribution in [0.2, 0.25) is 0 Å². The molecule has 0 unspecified atom stereocenters. The SMILES string of the molecule is COc1cc(OC)cc(C(=O)N2CCC(C(=O)N3CCC(CCN4CCOCC4)CC3)CC2)c1. The van der Waals surface area contributed by atoms with Gasteiger partial charge in [-0.15, -0.1) is 0 Å². The first-order chi connectivity index (χ1) is 16.6. The minimum Gasteiger partial charge on any atom is -0.497 e. The molecule has 8 nitrogen and oxygen atoms in total. The van der Waals surface area contributed by atoms with Crippen molar-refractivity contribution in [2.45, 2.75) is 32.1 Å². The first kappa shape index (κ1) is 24.8. The van der Waals surface area contributed by atoms with Gasteiger partial charge in [0.05, 0.1) is 27.4 Å². The first-order valence-electron chi connectivity index (χ1n) is 12.7. The van der Waals surface area contributed by atoms with Gasteiger partial charge in [0.25, 0.3) is 5.91 Å². The van der Waals surface area contributed by atoms with Crippen LogP contribution in [0.4, 0.5) is 0 Å². The molecule has 2 amide bonds. The van der Waals surface area contributed by atoms with E-state index in [1.807, 2.05) is 4.90 Å². The summed E-state index contributed by atoms with van der Waals surface area (Å²) in [5.74, 6) is 2.17. The Balaban J connectivity index is 1.21. The Morgan fingerprint density at radius 1 is 0.853 bits per heavy atom. The molecule has 0 aromatic heterocycles. The van der Waals surface area contributed by atoms with Crippen molar-refractivity contribution in [1.29, 1.82) is 0 Å². The van der Waals surface area contributed by atoms with E-state index >= 15 is 0 Å². The molecular weight excluding hydrogens is 434 g/mol. The smallest absolute Gasteiger partial charge is 0.254 e. The van der Waals surface area contributed by atoms with Crippen molar-refractivity contribution in [2.24, 2.45) is 11.8 Å². The van der Waals surface area contributed by atoms with Crippen LogP contribution in [0.3, 0.4) is 0 Å². The number of hydrogen-bond acceptors (Lipinski definition) is 6. The predicted molar refractivity (Wildman–Crippen MR) is 129 cm³/mol. The molecule has 0 bridgehead atoms. The van der Waals surface area contributed by atoms with E-state index in [2.05, 4.69) is 9.80 Å². The highest BCUT2D eigenvalue weighted by atomic mass is 16.5. The van der Waals surface area contributed by atoms with Crippen molar-refractivity contribution in [3.05, 3.63) is 23.8 Å². The number of likely N-dealkylation sites (tertiary alicyclic amines) is 2. The van der Waals surface area contributed by atoms with Crippen molar-refractivity contribution in [2.75, 3.05) is 73.2 Å². The summed E-state index contributed by atoms with van der Waals surface area (Å²) in [6, 6.07) is 5.24. The standard InChI is InChI=1S/C26H39N3O5/c1-32-23-17-22(18-24(19-23)33-2)26(31)29-11-6-21(7-12-29)25(30)28-9-4-20(5-10-28)3-8-27-13-15-34-16-14-27/h17-21H,3-16H2,1-2H3.